The summed E-state index contributed by atoms with van der Waals surface area (Å²) in [6.07, 6.45) is 13.4. The second kappa shape index (κ2) is 5.65. The lowest BCUT2D eigenvalue weighted by atomic mass is 9.70. The Hall–Kier alpha value is -1.70. The topological polar surface area (TPSA) is 46.3 Å². The summed E-state index contributed by atoms with van der Waals surface area (Å²) in [7, 11) is 0. The Morgan fingerprint density at radius 3 is 2.80 bits per heavy atom. The standard InChI is InChI=1S/C19H20IN5/c1-13-15-11-21-5-2-14(15)10-19(13)3-7-24(8-4-19)18-23-12-16(20)17-22-6-9-25(17)18/h2,5-6,9,11-13H,3-4,7-8,10H2,1H3/t13-/m1/s1. The molecule has 4 heterocycles. The van der Waals surface area contributed by atoms with Crippen molar-refractivity contribution >= 4 is 34.2 Å². The molecule has 1 spiro atoms. The van der Waals surface area contributed by atoms with E-state index >= 15 is 0 Å². The number of anilines is 1. The Balaban J connectivity index is 1.42. The minimum absolute atomic E-state index is 0.388. The van der Waals surface area contributed by atoms with E-state index in [2.05, 4.69) is 61.0 Å². The van der Waals surface area contributed by atoms with Crippen LogP contribution in [-0.2, 0) is 6.42 Å². The molecule has 0 N–H and O–H groups in total. The highest BCUT2D eigenvalue weighted by molar-refractivity contribution is 14.1. The molecule has 0 bridgehead atoms. The van der Waals surface area contributed by atoms with Gasteiger partial charge in [0.2, 0.25) is 5.95 Å². The van der Waals surface area contributed by atoms with Crippen molar-refractivity contribution in [3.8, 4) is 0 Å². The van der Waals surface area contributed by atoms with Crippen LogP contribution in [0.5, 0.6) is 0 Å². The quantitative estimate of drug-likeness (QED) is 0.537. The van der Waals surface area contributed by atoms with Crippen LogP contribution >= 0.6 is 22.6 Å². The van der Waals surface area contributed by atoms with Gasteiger partial charge in [0.15, 0.2) is 5.65 Å². The zero-order chi connectivity index (χ0) is 17.0. The maximum atomic E-state index is 4.71. The van der Waals surface area contributed by atoms with Gasteiger partial charge in [0.1, 0.15) is 0 Å². The summed E-state index contributed by atoms with van der Waals surface area (Å²) in [6, 6.07) is 2.21. The van der Waals surface area contributed by atoms with Gasteiger partial charge < -0.3 is 4.90 Å². The lowest BCUT2D eigenvalue weighted by molar-refractivity contribution is 0.193. The van der Waals surface area contributed by atoms with Gasteiger partial charge in [-0.05, 0) is 70.4 Å². The fourth-order valence-electron chi connectivity index (χ4n) is 4.72. The molecule has 0 aromatic carbocycles. The minimum atomic E-state index is 0.388. The van der Waals surface area contributed by atoms with E-state index in [4.69, 9.17) is 4.98 Å². The third-order valence-corrected chi connectivity index (χ3v) is 7.04. The molecule has 1 aliphatic heterocycles. The van der Waals surface area contributed by atoms with Crippen LogP contribution in [0.4, 0.5) is 5.95 Å². The summed E-state index contributed by atoms with van der Waals surface area (Å²) in [6.45, 7) is 4.49. The molecule has 1 atom stereocenters. The van der Waals surface area contributed by atoms with Crippen molar-refractivity contribution in [1.82, 2.24) is 19.4 Å². The summed E-state index contributed by atoms with van der Waals surface area (Å²) >= 11 is 2.30. The second-order valence-corrected chi connectivity index (χ2v) is 8.51. The molecule has 0 radical (unpaired) electrons. The highest BCUT2D eigenvalue weighted by Gasteiger charge is 2.45. The second-order valence-electron chi connectivity index (χ2n) is 7.35. The molecule has 0 amide bonds. The van der Waals surface area contributed by atoms with Gasteiger partial charge in [-0.25, -0.2) is 9.97 Å². The first-order valence-corrected chi connectivity index (χ1v) is 9.91. The Kier molecular flexibility index (Phi) is 3.52. The normalized spacial score (nSPS) is 21.8. The number of fused-ring (bicyclic) bond motifs is 2. The molecule has 2 aliphatic rings. The van der Waals surface area contributed by atoms with Crippen LogP contribution in [0.1, 0.15) is 36.8 Å². The molecule has 1 aliphatic carbocycles. The maximum absolute atomic E-state index is 4.71. The number of nitrogens with zero attached hydrogens (tertiary/aromatic N) is 5. The number of rotatable bonds is 1. The maximum Gasteiger partial charge on any atom is 0.211 e. The van der Waals surface area contributed by atoms with Crippen LogP contribution in [0.15, 0.2) is 37.1 Å². The van der Waals surface area contributed by atoms with Crippen molar-refractivity contribution in [2.24, 2.45) is 5.41 Å². The van der Waals surface area contributed by atoms with Gasteiger partial charge in [0.25, 0.3) is 0 Å². The summed E-state index contributed by atoms with van der Waals surface area (Å²) < 4.78 is 3.21. The molecule has 5 nitrogen and oxygen atoms in total. The van der Waals surface area contributed by atoms with E-state index in [0.29, 0.717) is 11.3 Å². The van der Waals surface area contributed by atoms with Crippen LogP contribution in [0, 0.1) is 8.99 Å². The minimum Gasteiger partial charge on any atom is -0.342 e. The highest BCUT2D eigenvalue weighted by atomic mass is 127. The van der Waals surface area contributed by atoms with Crippen LogP contribution in [-0.4, -0.2) is 32.4 Å². The molecule has 0 saturated carbocycles. The summed E-state index contributed by atoms with van der Waals surface area (Å²) in [5, 5.41) is 0. The number of piperidine rings is 1. The van der Waals surface area contributed by atoms with Crippen LogP contribution in [0.25, 0.3) is 5.65 Å². The smallest absolute Gasteiger partial charge is 0.211 e. The lowest BCUT2D eigenvalue weighted by Gasteiger charge is -2.42. The molecular weight excluding hydrogens is 425 g/mol. The van der Waals surface area contributed by atoms with Gasteiger partial charge in [0.05, 0.1) is 3.57 Å². The molecule has 3 aromatic heterocycles. The third-order valence-electron chi connectivity index (χ3n) is 6.28. The van der Waals surface area contributed by atoms with Gasteiger partial charge in [0, 0.05) is 44.1 Å². The number of hydrogen-bond acceptors (Lipinski definition) is 4. The first-order valence-electron chi connectivity index (χ1n) is 8.83. The van der Waals surface area contributed by atoms with E-state index in [1.807, 2.05) is 24.8 Å². The predicted octanol–water partition coefficient (Wildman–Crippen LogP) is 3.68. The van der Waals surface area contributed by atoms with Crippen LogP contribution in [0.2, 0.25) is 0 Å². The van der Waals surface area contributed by atoms with Gasteiger partial charge in [-0.3, -0.25) is 9.38 Å². The number of imidazole rings is 1. The van der Waals surface area contributed by atoms with Gasteiger partial charge in [-0.15, -0.1) is 0 Å². The van der Waals surface area contributed by atoms with E-state index < -0.39 is 0 Å². The van der Waals surface area contributed by atoms with Crippen molar-refractivity contribution in [3.05, 3.63) is 51.7 Å². The first-order chi connectivity index (χ1) is 12.2. The largest absolute Gasteiger partial charge is 0.342 e. The molecule has 1 fully saturated rings. The molecule has 3 aromatic rings. The Labute approximate surface area is 160 Å². The first kappa shape index (κ1) is 15.5. The number of aromatic nitrogens is 4. The van der Waals surface area contributed by atoms with Crippen LogP contribution in [0.3, 0.4) is 0 Å². The molecule has 1 saturated heterocycles. The highest BCUT2D eigenvalue weighted by Crippen LogP contribution is 2.52. The fraction of sp³-hybridized carbons (Fsp3) is 0.421. The predicted molar refractivity (Wildman–Crippen MR) is 106 cm³/mol. The SMILES string of the molecule is C[C@@H]1c2cnccc2CC12CCN(c1ncc(I)c3nccn13)CC2. The molecule has 0 unspecified atom stereocenters. The molecular formula is C19H20IN5. The van der Waals surface area contributed by atoms with E-state index in [9.17, 15) is 0 Å². The van der Waals surface area contributed by atoms with Crippen molar-refractivity contribution in [3.63, 3.8) is 0 Å². The van der Waals surface area contributed by atoms with Gasteiger partial charge in [-0.2, -0.15) is 0 Å². The Morgan fingerprint density at radius 1 is 1.16 bits per heavy atom. The number of pyridine rings is 1. The third kappa shape index (κ3) is 2.29. The molecule has 128 valence electrons. The zero-order valence-electron chi connectivity index (χ0n) is 14.2. The summed E-state index contributed by atoms with van der Waals surface area (Å²) in [4.78, 5) is 15.9. The van der Waals surface area contributed by atoms with E-state index in [-0.39, 0.29) is 0 Å². The van der Waals surface area contributed by atoms with Crippen molar-refractivity contribution < 1.29 is 0 Å². The Morgan fingerprint density at radius 2 is 2.00 bits per heavy atom. The van der Waals surface area contributed by atoms with E-state index in [0.717, 1.165) is 28.3 Å². The monoisotopic (exact) mass is 445 g/mol. The number of halogens is 1. The average Bonchev–Trinajstić information content (AvgIpc) is 3.22. The fourth-order valence-corrected chi connectivity index (χ4v) is 5.26. The summed E-state index contributed by atoms with van der Waals surface area (Å²) in [5.74, 6) is 1.61. The van der Waals surface area contributed by atoms with Crippen molar-refractivity contribution in [2.45, 2.75) is 32.1 Å². The molecule has 6 heteroatoms. The molecule has 5 rings (SSSR count). The van der Waals surface area contributed by atoms with E-state index in [1.165, 1.54) is 30.4 Å². The van der Waals surface area contributed by atoms with Gasteiger partial charge in [-0.1, -0.05) is 6.92 Å². The average molecular weight is 445 g/mol. The van der Waals surface area contributed by atoms with Crippen molar-refractivity contribution in [1.29, 1.82) is 0 Å². The summed E-state index contributed by atoms with van der Waals surface area (Å²) in [5.41, 5.74) is 4.35. The van der Waals surface area contributed by atoms with Crippen molar-refractivity contribution in [2.75, 3.05) is 18.0 Å². The molecule has 25 heavy (non-hydrogen) atoms. The van der Waals surface area contributed by atoms with Gasteiger partial charge >= 0.3 is 0 Å². The Bertz CT molecular complexity index is 942. The number of hydrogen-bond donors (Lipinski definition) is 0. The van der Waals surface area contributed by atoms with E-state index in [1.54, 1.807) is 0 Å². The lowest BCUT2D eigenvalue weighted by Crippen LogP contribution is -2.42. The van der Waals surface area contributed by atoms with Crippen LogP contribution < -0.4 is 4.90 Å². The zero-order valence-corrected chi connectivity index (χ0v) is 16.3.